The Hall–Kier alpha value is -1.23. The molecule has 1 aromatic carbocycles. The van der Waals surface area contributed by atoms with Gasteiger partial charge in [-0.25, -0.2) is 0 Å². The van der Waals surface area contributed by atoms with Gasteiger partial charge >= 0.3 is 0 Å². The van der Waals surface area contributed by atoms with Crippen molar-refractivity contribution in [2.45, 2.75) is 91.3 Å². The van der Waals surface area contributed by atoms with E-state index < -0.39 is 35.7 Å². The summed E-state index contributed by atoms with van der Waals surface area (Å²) in [6.45, 7) is 20.8. The highest BCUT2D eigenvalue weighted by atomic mass is 28.3. The van der Waals surface area contributed by atoms with Gasteiger partial charge in [0.15, 0.2) is 0 Å². The van der Waals surface area contributed by atoms with Gasteiger partial charge in [0, 0.05) is 10.5 Å². The van der Waals surface area contributed by atoms with E-state index in [1.165, 1.54) is 0 Å². The summed E-state index contributed by atoms with van der Waals surface area (Å²) < 4.78 is 12.3. The molecule has 1 atom stereocenters. The highest BCUT2D eigenvalue weighted by Crippen LogP contribution is 2.45. The van der Waals surface area contributed by atoms with Gasteiger partial charge in [-0.1, -0.05) is 41.5 Å². The van der Waals surface area contributed by atoms with Gasteiger partial charge in [0.1, 0.15) is 11.9 Å². The third kappa shape index (κ3) is 7.20. The van der Waals surface area contributed by atoms with Crippen LogP contribution in [-0.4, -0.2) is 34.7 Å². The van der Waals surface area contributed by atoms with Crippen molar-refractivity contribution < 1.29 is 18.9 Å². The zero-order chi connectivity index (χ0) is 22.7. The first-order valence-corrected chi connectivity index (χ1v) is 14.8. The summed E-state index contributed by atoms with van der Waals surface area (Å²) in [6.07, 6.45) is -1.21. The molecule has 0 saturated carbocycles. The van der Waals surface area contributed by atoms with E-state index in [0.29, 0.717) is 12.2 Å². The van der Waals surface area contributed by atoms with Crippen LogP contribution in [0, 0.1) is 10.1 Å². The molecular weight excluding hydrogens is 402 g/mol. The van der Waals surface area contributed by atoms with E-state index in [1.54, 1.807) is 0 Å². The van der Waals surface area contributed by atoms with Crippen molar-refractivity contribution in [3.8, 4) is 5.75 Å². The van der Waals surface area contributed by atoms with Crippen LogP contribution in [0.1, 0.15) is 69.9 Å². The molecule has 0 heterocycles. The Morgan fingerprint density at radius 2 is 1.55 bits per heavy atom. The third-order valence-electron chi connectivity index (χ3n) is 4.43. The third-order valence-corrected chi connectivity index (χ3v) is 5.78. The van der Waals surface area contributed by atoms with Crippen LogP contribution in [0.2, 0.25) is 26.2 Å². The van der Waals surface area contributed by atoms with E-state index in [-0.39, 0.29) is 10.8 Å². The number of hydrogen-bond acceptors (Lipinski definition) is 5. The van der Waals surface area contributed by atoms with Gasteiger partial charge in [-0.2, -0.15) is 0 Å². The second-order valence-electron chi connectivity index (χ2n) is 9.93. The summed E-state index contributed by atoms with van der Waals surface area (Å²) in [4.78, 5) is 10.6. The van der Waals surface area contributed by atoms with Crippen molar-refractivity contribution >= 4 is 18.1 Å². The minimum atomic E-state index is -1.21. The SMILES string of the molecule is C[Si](C)OCc1c(C(O)C[N+](=O)[O-])cc(O[Si](C)C)c(C(C)(C)C)c1C(C)(C)C. The minimum absolute atomic E-state index is 0.206. The van der Waals surface area contributed by atoms with Crippen LogP contribution in [0.15, 0.2) is 6.07 Å². The molecule has 1 N–H and O–H groups in total. The highest BCUT2D eigenvalue weighted by Gasteiger charge is 2.35. The Bertz CT molecular complexity index is 721. The van der Waals surface area contributed by atoms with Crippen molar-refractivity contribution in [2.24, 2.45) is 0 Å². The summed E-state index contributed by atoms with van der Waals surface area (Å²) in [5.41, 5.74) is 3.09. The lowest BCUT2D eigenvalue weighted by Gasteiger charge is -2.36. The van der Waals surface area contributed by atoms with Crippen LogP contribution in [0.3, 0.4) is 0 Å². The number of benzene rings is 1. The summed E-state index contributed by atoms with van der Waals surface area (Å²) in [5.74, 6) is 0.723. The van der Waals surface area contributed by atoms with Crippen LogP contribution in [0.5, 0.6) is 5.75 Å². The molecule has 2 radical (unpaired) electrons. The van der Waals surface area contributed by atoms with Crippen LogP contribution >= 0.6 is 0 Å². The van der Waals surface area contributed by atoms with Gasteiger partial charge in [-0.05, 0) is 59.8 Å². The van der Waals surface area contributed by atoms with Gasteiger partial charge < -0.3 is 14.0 Å². The maximum atomic E-state index is 11.1. The molecule has 0 bridgehead atoms. The molecule has 0 amide bonds. The average Bonchev–Trinajstić information content (AvgIpc) is 2.48. The molecule has 0 aliphatic rings. The van der Waals surface area contributed by atoms with Crippen LogP contribution in [0.4, 0.5) is 0 Å². The van der Waals surface area contributed by atoms with E-state index in [4.69, 9.17) is 8.85 Å². The number of nitro groups is 1. The lowest BCUT2D eigenvalue weighted by atomic mass is 9.71. The van der Waals surface area contributed by atoms with E-state index in [1.807, 2.05) is 6.07 Å². The summed E-state index contributed by atoms with van der Waals surface area (Å²) in [5, 5.41) is 21.9. The summed E-state index contributed by atoms with van der Waals surface area (Å²) in [7, 11) is -2.05. The second kappa shape index (κ2) is 9.72. The minimum Gasteiger partial charge on any atom is -0.542 e. The van der Waals surface area contributed by atoms with Gasteiger partial charge in [-0.15, -0.1) is 0 Å². The smallest absolute Gasteiger partial charge is 0.274 e. The number of nitrogens with zero attached hydrogens (tertiary/aromatic N) is 1. The quantitative estimate of drug-likeness (QED) is 0.350. The number of rotatable bonds is 8. The number of hydrogen-bond donors (Lipinski definition) is 1. The first-order valence-electron chi connectivity index (χ1n) is 9.97. The molecule has 0 saturated heterocycles. The second-order valence-corrected chi connectivity index (χ2v) is 14.1. The molecule has 29 heavy (non-hydrogen) atoms. The zero-order valence-electron chi connectivity index (χ0n) is 19.6. The van der Waals surface area contributed by atoms with Gasteiger partial charge in [0.05, 0.1) is 6.61 Å². The normalized spacial score (nSPS) is 13.8. The number of aliphatic hydroxyl groups is 1. The highest BCUT2D eigenvalue weighted by molar-refractivity contribution is 6.49. The Morgan fingerprint density at radius 1 is 1.03 bits per heavy atom. The maximum absolute atomic E-state index is 11.1. The van der Waals surface area contributed by atoms with Crippen LogP contribution in [0.25, 0.3) is 0 Å². The van der Waals surface area contributed by atoms with E-state index in [0.717, 1.165) is 22.4 Å². The molecule has 0 aliphatic carbocycles. The fraction of sp³-hybridized carbons (Fsp3) is 0.714. The predicted octanol–water partition coefficient (Wildman–Crippen LogP) is 4.99. The standard InChI is InChI=1S/C21H37NO5Si2/c1-20(2,3)18-15(13-26-28(7)8)14(16(23)12-22(24)25)11-17(27-29(9)10)19(18)21(4,5)6/h11,16,23H,12-13H2,1-10H3. The molecule has 0 spiro atoms. The fourth-order valence-corrected chi connectivity index (χ4v) is 4.53. The molecule has 1 aromatic rings. The van der Waals surface area contributed by atoms with Gasteiger partial charge in [-0.3, -0.25) is 10.1 Å². The zero-order valence-corrected chi connectivity index (χ0v) is 21.6. The molecule has 0 fully saturated rings. The van der Waals surface area contributed by atoms with Crippen molar-refractivity contribution in [1.82, 2.24) is 0 Å². The largest absolute Gasteiger partial charge is 0.542 e. The van der Waals surface area contributed by atoms with Crippen molar-refractivity contribution in [1.29, 1.82) is 0 Å². The Labute approximate surface area is 179 Å². The lowest BCUT2D eigenvalue weighted by molar-refractivity contribution is -0.491. The lowest BCUT2D eigenvalue weighted by Crippen LogP contribution is -2.29. The molecule has 0 aromatic heterocycles. The summed E-state index contributed by atoms with van der Waals surface area (Å²) in [6, 6.07) is 1.82. The molecule has 164 valence electrons. The molecule has 8 heteroatoms. The van der Waals surface area contributed by atoms with Crippen LogP contribution < -0.4 is 4.43 Å². The van der Waals surface area contributed by atoms with Crippen molar-refractivity contribution in [2.75, 3.05) is 6.54 Å². The van der Waals surface area contributed by atoms with E-state index >= 15 is 0 Å². The first kappa shape index (κ1) is 25.8. The maximum Gasteiger partial charge on any atom is 0.274 e. The van der Waals surface area contributed by atoms with Gasteiger partial charge in [0.2, 0.25) is 15.6 Å². The molecule has 1 rings (SSSR count). The molecule has 6 nitrogen and oxygen atoms in total. The topological polar surface area (TPSA) is 81.8 Å². The van der Waals surface area contributed by atoms with Gasteiger partial charge in [0.25, 0.3) is 9.04 Å². The average molecular weight is 440 g/mol. The first-order chi connectivity index (χ1) is 13.1. The van der Waals surface area contributed by atoms with Crippen molar-refractivity contribution in [3.05, 3.63) is 38.4 Å². The van der Waals surface area contributed by atoms with E-state index in [2.05, 4.69) is 67.7 Å². The Balaban J connectivity index is 3.97. The Morgan fingerprint density at radius 3 is 1.93 bits per heavy atom. The molecule has 1 unspecified atom stereocenters. The number of aliphatic hydroxyl groups excluding tert-OH is 1. The monoisotopic (exact) mass is 439 g/mol. The molecule has 0 aliphatic heterocycles. The van der Waals surface area contributed by atoms with Crippen LogP contribution in [-0.2, 0) is 21.9 Å². The molecular formula is C21H37NO5Si2. The Kier molecular flexibility index (Phi) is 8.65. The fourth-order valence-electron chi connectivity index (χ4n) is 3.50. The van der Waals surface area contributed by atoms with E-state index in [9.17, 15) is 15.2 Å². The predicted molar refractivity (Wildman–Crippen MR) is 121 cm³/mol. The summed E-state index contributed by atoms with van der Waals surface area (Å²) >= 11 is 0. The van der Waals surface area contributed by atoms with Crippen molar-refractivity contribution in [3.63, 3.8) is 0 Å².